The van der Waals surface area contributed by atoms with Crippen molar-refractivity contribution in [2.75, 3.05) is 17.6 Å². The molecule has 1 aliphatic heterocycles. The van der Waals surface area contributed by atoms with Crippen molar-refractivity contribution in [2.45, 2.75) is 134 Å². The van der Waals surface area contributed by atoms with Gasteiger partial charge in [0.05, 0.1) is 5.37 Å². The Kier molecular flexibility index (Phi) is 17.2. The van der Waals surface area contributed by atoms with Gasteiger partial charge in [0.1, 0.15) is 5.75 Å². The number of nitrogens with one attached hydrogen (secondary N) is 1. The van der Waals surface area contributed by atoms with Crippen LogP contribution in [0.4, 0.5) is 23.2 Å². The molecule has 0 spiro atoms. The first-order valence-electron chi connectivity index (χ1n) is 15.0. The molecular formula is C30H48F4N2OS2. The van der Waals surface area contributed by atoms with E-state index < -0.39 is 12.5 Å². The molecule has 0 radical (unpaired) electrons. The Labute approximate surface area is 243 Å². The highest BCUT2D eigenvalue weighted by molar-refractivity contribution is 8.00. The zero-order valence-electron chi connectivity index (χ0n) is 23.6. The van der Waals surface area contributed by atoms with E-state index in [0.717, 1.165) is 25.1 Å². The molecule has 0 aliphatic carbocycles. The summed E-state index contributed by atoms with van der Waals surface area (Å²) in [6.07, 6.45) is 14.2. The summed E-state index contributed by atoms with van der Waals surface area (Å²) < 4.78 is 55.5. The number of anilines is 1. The molecule has 1 fully saturated rings. The van der Waals surface area contributed by atoms with Gasteiger partial charge in [-0.2, -0.15) is 17.6 Å². The Bertz CT molecular complexity index is 800. The standard InChI is InChI=1S/C30H48F4N2OS2/c1-2-3-4-5-6-7-8-9-10-11-12-13-14-15-16-17-21-27-36(22-23-39-27)29(38)35-25-19-18-20-26(24-25)37-30(33,34)28(31)32/h18-20,24,27-28H,2-17,21-23H2,1H3,(H,35,38). The van der Waals surface area contributed by atoms with Crippen molar-refractivity contribution in [1.29, 1.82) is 0 Å². The third-order valence-corrected chi connectivity index (χ3v) is 8.78. The molecule has 1 unspecified atom stereocenters. The maximum Gasteiger partial charge on any atom is 0.461 e. The third kappa shape index (κ3) is 14.3. The minimum atomic E-state index is -4.54. The largest absolute Gasteiger partial charge is 0.461 e. The molecule has 1 aromatic carbocycles. The summed E-state index contributed by atoms with van der Waals surface area (Å²) in [5.41, 5.74) is 0.431. The zero-order valence-corrected chi connectivity index (χ0v) is 25.2. The molecule has 1 aromatic rings. The fourth-order valence-electron chi connectivity index (χ4n) is 4.89. The lowest BCUT2D eigenvalue weighted by molar-refractivity contribution is -0.253. The smallest absolute Gasteiger partial charge is 0.428 e. The fraction of sp³-hybridized carbons (Fsp3) is 0.767. The number of rotatable bonds is 21. The molecule has 0 amide bonds. The van der Waals surface area contributed by atoms with Gasteiger partial charge < -0.3 is 15.0 Å². The van der Waals surface area contributed by atoms with Crippen LogP contribution in [0.1, 0.15) is 116 Å². The zero-order chi connectivity index (χ0) is 28.3. The SMILES string of the molecule is CCCCCCCCCCCCCCCCCCC1SCCN1C(=S)Nc1cccc(OC(F)(F)C(F)F)c1. The third-order valence-electron chi connectivity index (χ3n) is 7.15. The number of alkyl halides is 4. The lowest BCUT2D eigenvalue weighted by atomic mass is 10.0. The number of hydrogen-bond acceptors (Lipinski definition) is 3. The van der Waals surface area contributed by atoms with Gasteiger partial charge in [0.25, 0.3) is 0 Å². The molecule has 1 aliphatic rings. The van der Waals surface area contributed by atoms with Crippen LogP contribution < -0.4 is 10.1 Å². The van der Waals surface area contributed by atoms with E-state index in [1.807, 2.05) is 11.8 Å². The van der Waals surface area contributed by atoms with Crippen LogP contribution in [0.2, 0.25) is 0 Å². The minimum Gasteiger partial charge on any atom is -0.428 e. The van der Waals surface area contributed by atoms with Crippen molar-refractivity contribution in [1.82, 2.24) is 4.90 Å². The van der Waals surface area contributed by atoms with Crippen LogP contribution in [0.3, 0.4) is 0 Å². The Morgan fingerprint density at radius 3 is 2.03 bits per heavy atom. The molecule has 1 heterocycles. The van der Waals surface area contributed by atoms with Crippen LogP contribution in [0, 0.1) is 0 Å². The molecule has 3 nitrogen and oxygen atoms in total. The minimum absolute atomic E-state index is 0.291. The lowest BCUT2D eigenvalue weighted by Gasteiger charge is -2.27. The fourth-order valence-corrected chi connectivity index (χ4v) is 6.60. The second kappa shape index (κ2) is 19.8. The highest BCUT2D eigenvalue weighted by Crippen LogP contribution is 2.31. The molecule has 2 rings (SSSR count). The van der Waals surface area contributed by atoms with E-state index in [-0.39, 0.29) is 5.75 Å². The second-order valence-corrected chi connectivity index (χ2v) is 12.2. The molecule has 1 saturated heterocycles. The number of halogens is 4. The number of ether oxygens (including phenoxy) is 1. The molecular weight excluding hydrogens is 544 g/mol. The Hall–Kier alpha value is -1.22. The van der Waals surface area contributed by atoms with Crippen molar-refractivity contribution in [2.24, 2.45) is 0 Å². The maximum atomic E-state index is 13.2. The van der Waals surface area contributed by atoms with E-state index in [0.29, 0.717) is 16.2 Å². The molecule has 0 saturated carbocycles. The van der Waals surface area contributed by atoms with Crippen molar-refractivity contribution < 1.29 is 22.3 Å². The second-order valence-electron chi connectivity index (χ2n) is 10.5. The van der Waals surface area contributed by atoms with E-state index in [9.17, 15) is 17.6 Å². The molecule has 1 N–H and O–H groups in total. The van der Waals surface area contributed by atoms with E-state index in [2.05, 4.69) is 21.9 Å². The lowest BCUT2D eigenvalue weighted by Crippen LogP contribution is -2.38. The summed E-state index contributed by atoms with van der Waals surface area (Å²) in [5, 5.41) is 3.86. The van der Waals surface area contributed by atoms with Crippen molar-refractivity contribution >= 4 is 34.8 Å². The van der Waals surface area contributed by atoms with Gasteiger partial charge in [-0.15, -0.1) is 11.8 Å². The molecule has 39 heavy (non-hydrogen) atoms. The van der Waals surface area contributed by atoms with Crippen LogP contribution in [-0.2, 0) is 0 Å². The van der Waals surface area contributed by atoms with Gasteiger partial charge >= 0.3 is 12.5 Å². The Morgan fingerprint density at radius 1 is 0.949 bits per heavy atom. The van der Waals surface area contributed by atoms with Crippen LogP contribution >= 0.6 is 24.0 Å². The monoisotopic (exact) mass is 592 g/mol. The summed E-state index contributed by atoms with van der Waals surface area (Å²) in [7, 11) is 0. The van der Waals surface area contributed by atoms with E-state index in [1.54, 1.807) is 6.07 Å². The topological polar surface area (TPSA) is 24.5 Å². The summed E-state index contributed by atoms with van der Waals surface area (Å²) in [6, 6.07) is 5.59. The van der Waals surface area contributed by atoms with Crippen molar-refractivity contribution in [3.63, 3.8) is 0 Å². The normalized spacial score (nSPS) is 15.7. The molecule has 1 atom stereocenters. The van der Waals surface area contributed by atoms with Gasteiger partial charge in [-0.05, 0) is 30.8 Å². The van der Waals surface area contributed by atoms with Crippen LogP contribution in [0.25, 0.3) is 0 Å². The molecule has 0 aromatic heterocycles. The van der Waals surface area contributed by atoms with Gasteiger partial charge in [0.2, 0.25) is 0 Å². The summed E-state index contributed by atoms with van der Waals surface area (Å²) in [5.74, 6) is 0.642. The van der Waals surface area contributed by atoms with Crippen LogP contribution in [0.5, 0.6) is 5.75 Å². The van der Waals surface area contributed by atoms with E-state index in [1.165, 1.54) is 115 Å². The average molecular weight is 593 g/mol. The predicted molar refractivity (Wildman–Crippen MR) is 161 cm³/mol. The van der Waals surface area contributed by atoms with Gasteiger partial charge in [-0.3, -0.25) is 0 Å². The van der Waals surface area contributed by atoms with Gasteiger partial charge in [0, 0.05) is 24.1 Å². The average Bonchev–Trinajstić information content (AvgIpc) is 3.37. The molecule has 224 valence electrons. The first-order chi connectivity index (χ1) is 18.8. The predicted octanol–water partition coefficient (Wildman–Crippen LogP) is 10.6. The number of benzene rings is 1. The van der Waals surface area contributed by atoms with Crippen LogP contribution in [0.15, 0.2) is 24.3 Å². The number of thiocarbonyl (C=S) groups is 1. The van der Waals surface area contributed by atoms with Gasteiger partial charge in [-0.1, -0.05) is 116 Å². The molecule has 9 heteroatoms. The van der Waals surface area contributed by atoms with E-state index >= 15 is 0 Å². The van der Waals surface area contributed by atoms with Crippen molar-refractivity contribution in [3.05, 3.63) is 24.3 Å². The van der Waals surface area contributed by atoms with E-state index in [4.69, 9.17) is 12.2 Å². The van der Waals surface area contributed by atoms with Crippen molar-refractivity contribution in [3.8, 4) is 5.75 Å². The number of hydrogen-bond donors (Lipinski definition) is 1. The first kappa shape index (κ1) is 34.0. The number of thioether (sulfide) groups is 1. The quantitative estimate of drug-likeness (QED) is 0.0870. The maximum absolute atomic E-state index is 13.2. The highest BCUT2D eigenvalue weighted by atomic mass is 32.2. The van der Waals surface area contributed by atoms with Gasteiger partial charge in [-0.25, -0.2) is 0 Å². The highest BCUT2D eigenvalue weighted by Gasteiger charge is 2.44. The summed E-state index contributed by atoms with van der Waals surface area (Å²) >= 11 is 7.46. The van der Waals surface area contributed by atoms with Crippen LogP contribution in [-0.4, -0.2) is 40.2 Å². The Morgan fingerprint density at radius 2 is 1.49 bits per heavy atom. The van der Waals surface area contributed by atoms with Gasteiger partial charge in [0.15, 0.2) is 5.11 Å². The summed E-state index contributed by atoms with van der Waals surface area (Å²) in [4.78, 5) is 2.13. The molecule has 0 bridgehead atoms. The number of unbranched alkanes of at least 4 members (excludes halogenated alkanes) is 15. The first-order valence-corrected chi connectivity index (χ1v) is 16.4. The Balaban J connectivity index is 1.54. The number of nitrogens with zero attached hydrogens (tertiary/aromatic N) is 1. The summed E-state index contributed by atoms with van der Waals surface area (Å²) in [6.45, 7) is 3.09.